The smallest absolute Gasteiger partial charge is 0.341 e. The number of urea groups is 1. The molecule has 2 N–H and O–H groups in total. The molecular formula is C5H13LiN2O4P. The van der Waals surface area contributed by atoms with Gasteiger partial charge in [-0.1, -0.05) is 0 Å². The predicted molar refractivity (Wildman–Crippen MR) is 49.7 cm³/mol. The first-order valence-electron chi connectivity index (χ1n) is 3.23. The minimum absolute atomic E-state index is 0. The van der Waals surface area contributed by atoms with Gasteiger partial charge in [0.2, 0.25) is 0 Å². The molecule has 0 rings (SSSR count). The van der Waals surface area contributed by atoms with E-state index in [1.807, 2.05) is 0 Å². The minimum Gasteiger partial charge on any atom is -0.341 e. The molecule has 1 atom stereocenters. The molecular weight excluding hydrogens is 190 g/mol. The molecule has 73 valence electrons. The molecule has 0 aliphatic rings. The second-order valence-electron chi connectivity index (χ2n) is 2.21. The zero-order valence-electron chi connectivity index (χ0n) is 8.27. The second kappa shape index (κ2) is 6.47. The number of nitrogens with zero attached hydrogens (tertiary/aromatic N) is 1. The van der Waals surface area contributed by atoms with Crippen molar-refractivity contribution in [2.45, 2.75) is 0 Å². The van der Waals surface area contributed by atoms with E-state index < -0.39 is 13.6 Å². The third-order valence-corrected chi connectivity index (χ3v) is 2.59. The third-order valence-electron chi connectivity index (χ3n) is 1.24. The maximum atomic E-state index is 10.9. The Bertz CT molecular complexity index is 213. The van der Waals surface area contributed by atoms with Crippen molar-refractivity contribution in [3.63, 3.8) is 0 Å². The number of nitrogens with one attached hydrogen (secondary N) is 1. The van der Waals surface area contributed by atoms with Crippen molar-refractivity contribution >= 4 is 32.5 Å². The van der Waals surface area contributed by atoms with Crippen LogP contribution in [0, 0.1) is 0 Å². The van der Waals surface area contributed by atoms with Gasteiger partial charge in [0.05, 0.1) is 0 Å². The van der Waals surface area contributed by atoms with Gasteiger partial charge in [-0.25, -0.2) is 4.79 Å². The van der Waals surface area contributed by atoms with Gasteiger partial charge in [0.15, 0.2) is 0 Å². The molecule has 0 bridgehead atoms. The number of hydrogen-bond acceptors (Lipinski definition) is 3. The quantitative estimate of drug-likeness (QED) is 0.486. The molecule has 1 unspecified atom stereocenters. The summed E-state index contributed by atoms with van der Waals surface area (Å²) in [6.45, 7) is 0. The Hall–Kier alpha value is 0.0174. The number of rotatable bonds is 3. The van der Waals surface area contributed by atoms with Crippen LogP contribution in [0.4, 0.5) is 4.79 Å². The van der Waals surface area contributed by atoms with E-state index in [1.54, 1.807) is 0 Å². The summed E-state index contributed by atoms with van der Waals surface area (Å²) in [7, 11) is 0.334. The molecule has 0 aromatic carbocycles. The molecule has 0 fully saturated rings. The molecule has 0 heterocycles. The van der Waals surface area contributed by atoms with Crippen LogP contribution in [0.2, 0.25) is 0 Å². The molecule has 0 saturated carbocycles. The topological polar surface area (TPSA) is 78.9 Å². The largest absolute Gasteiger partial charge is 0.347 e. The maximum absolute atomic E-state index is 10.9. The van der Waals surface area contributed by atoms with Crippen LogP contribution in [0.1, 0.15) is 0 Å². The van der Waals surface area contributed by atoms with Crippen LogP contribution in [0.25, 0.3) is 0 Å². The maximum Gasteiger partial charge on any atom is 0.347 e. The fourth-order valence-corrected chi connectivity index (χ4v) is 1.36. The van der Waals surface area contributed by atoms with Crippen molar-refractivity contribution in [1.29, 1.82) is 0 Å². The van der Waals surface area contributed by atoms with Crippen LogP contribution in [0.3, 0.4) is 0 Å². The third kappa shape index (κ3) is 6.14. The summed E-state index contributed by atoms with van der Waals surface area (Å²) < 4.78 is 15.2. The molecule has 13 heavy (non-hydrogen) atoms. The first kappa shape index (κ1) is 15.5. The zero-order valence-corrected chi connectivity index (χ0v) is 9.17. The van der Waals surface area contributed by atoms with Gasteiger partial charge in [0, 0.05) is 40.1 Å². The minimum atomic E-state index is -3.63. The Kier molecular flexibility index (Phi) is 7.71. The van der Waals surface area contributed by atoms with E-state index in [0.29, 0.717) is 0 Å². The van der Waals surface area contributed by atoms with Gasteiger partial charge in [0.1, 0.15) is 6.29 Å². The van der Waals surface area contributed by atoms with Crippen LogP contribution in [0.5, 0.6) is 0 Å². The molecule has 0 aromatic heterocycles. The summed E-state index contributed by atoms with van der Waals surface area (Å²) in [4.78, 5) is 20.9. The summed E-state index contributed by atoms with van der Waals surface area (Å²) in [5, 5.41) is 2.31. The number of amides is 2. The summed E-state index contributed by atoms with van der Waals surface area (Å²) in [5.74, 6) is 0. The van der Waals surface area contributed by atoms with E-state index in [0.717, 1.165) is 12.0 Å². The summed E-state index contributed by atoms with van der Waals surface area (Å²) >= 11 is 0. The van der Waals surface area contributed by atoms with E-state index in [-0.39, 0.29) is 25.1 Å². The number of hydrogen-bond donors (Lipinski definition) is 2. The van der Waals surface area contributed by atoms with Crippen molar-refractivity contribution < 1.29 is 18.8 Å². The van der Waals surface area contributed by atoms with Crippen LogP contribution in [-0.2, 0) is 9.09 Å². The van der Waals surface area contributed by atoms with Crippen molar-refractivity contribution in [2.75, 3.05) is 27.5 Å². The summed E-state index contributed by atoms with van der Waals surface area (Å²) in [6.07, 6.45) is -0.316. The van der Waals surface area contributed by atoms with Crippen LogP contribution >= 0.6 is 7.60 Å². The Labute approximate surface area is 89.3 Å². The van der Waals surface area contributed by atoms with E-state index in [4.69, 9.17) is 4.89 Å². The van der Waals surface area contributed by atoms with Gasteiger partial charge in [-0.2, -0.15) is 0 Å². The Balaban J connectivity index is 0. The molecule has 2 amide bonds. The van der Waals surface area contributed by atoms with Crippen molar-refractivity contribution in [2.24, 2.45) is 0 Å². The van der Waals surface area contributed by atoms with Crippen molar-refractivity contribution in [3.05, 3.63) is 0 Å². The van der Waals surface area contributed by atoms with Crippen LogP contribution < -0.4 is 5.32 Å². The van der Waals surface area contributed by atoms with Gasteiger partial charge in [-0.15, -0.1) is 0 Å². The van der Waals surface area contributed by atoms with E-state index in [1.165, 1.54) is 14.1 Å². The fraction of sp³-hybridized carbons (Fsp3) is 0.800. The molecule has 8 heteroatoms. The first-order chi connectivity index (χ1) is 5.43. The molecule has 0 saturated heterocycles. The van der Waals surface area contributed by atoms with Gasteiger partial charge in [0.25, 0.3) is 0 Å². The van der Waals surface area contributed by atoms with Crippen LogP contribution in [-0.4, -0.2) is 62.2 Å². The number of carbonyl (C=O) groups is 1. The molecule has 0 spiro atoms. The summed E-state index contributed by atoms with van der Waals surface area (Å²) in [6, 6.07) is -0.429. The average Bonchev–Trinajstić information content (AvgIpc) is 2.02. The standard InChI is InChI=1S/C5H13N2O4P.Li/c1-6-5(8)7(2)4-12(9,10)11-3;/h4H2,1-3H3,(H,6,8)(H,9,10);. The summed E-state index contributed by atoms with van der Waals surface area (Å²) in [5.41, 5.74) is 0. The van der Waals surface area contributed by atoms with Gasteiger partial charge in [-0.05, 0) is 0 Å². The second-order valence-corrected chi connectivity index (χ2v) is 4.14. The monoisotopic (exact) mass is 203 g/mol. The van der Waals surface area contributed by atoms with E-state index in [2.05, 4.69) is 9.84 Å². The van der Waals surface area contributed by atoms with Crippen molar-refractivity contribution in [1.82, 2.24) is 10.2 Å². The molecule has 0 aliphatic heterocycles. The predicted octanol–water partition coefficient (Wildman–Crippen LogP) is -0.334. The van der Waals surface area contributed by atoms with Gasteiger partial charge < -0.3 is 19.6 Å². The SMILES string of the molecule is CNC(=O)N(C)CP(=O)(O)OC.[Li]. The molecule has 0 aliphatic carbocycles. The zero-order chi connectivity index (χ0) is 9.78. The first-order valence-corrected chi connectivity index (χ1v) is 4.99. The van der Waals surface area contributed by atoms with Crippen LogP contribution in [0.15, 0.2) is 0 Å². The fourth-order valence-electron chi connectivity index (χ4n) is 0.581. The van der Waals surface area contributed by atoms with Gasteiger partial charge in [-0.3, -0.25) is 4.57 Å². The molecule has 6 nitrogen and oxygen atoms in total. The average molecular weight is 203 g/mol. The molecule has 1 radical (unpaired) electrons. The normalized spacial score (nSPS) is 13.8. The Morgan fingerprint density at radius 1 is 1.69 bits per heavy atom. The van der Waals surface area contributed by atoms with E-state index in [9.17, 15) is 9.36 Å². The van der Waals surface area contributed by atoms with Crippen molar-refractivity contribution in [3.8, 4) is 0 Å². The molecule has 0 aromatic rings. The Morgan fingerprint density at radius 3 is 2.46 bits per heavy atom. The Morgan fingerprint density at radius 2 is 2.15 bits per heavy atom. The number of carbonyl (C=O) groups excluding carboxylic acids is 1. The van der Waals surface area contributed by atoms with E-state index >= 15 is 0 Å². The van der Waals surface area contributed by atoms with Gasteiger partial charge >= 0.3 is 13.6 Å².